The number of fused-ring (bicyclic) bond motifs is 1. The number of rotatable bonds is 6. The largest absolute Gasteiger partial charge is 0.489 e. The van der Waals surface area contributed by atoms with E-state index < -0.39 is 0 Å². The number of carbonyl (C=O) groups is 1. The summed E-state index contributed by atoms with van der Waals surface area (Å²) in [6.45, 7) is 0.748. The Hall–Kier alpha value is -2.79. The van der Waals surface area contributed by atoms with Crippen LogP contribution < -0.4 is 4.74 Å². The number of carbonyl (C=O) groups excluding carboxylic acids is 1. The summed E-state index contributed by atoms with van der Waals surface area (Å²) < 4.78 is 5.81. The summed E-state index contributed by atoms with van der Waals surface area (Å²) in [5, 5.41) is 9.89. The zero-order valence-corrected chi connectivity index (χ0v) is 13.5. The number of ether oxygens (including phenoxy) is 1. The van der Waals surface area contributed by atoms with E-state index in [0.29, 0.717) is 18.8 Å². The van der Waals surface area contributed by atoms with Crippen LogP contribution >= 0.6 is 0 Å². The lowest BCUT2D eigenvalue weighted by molar-refractivity contribution is 0.0762. The number of aliphatic hydroxyl groups is 1. The summed E-state index contributed by atoms with van der Waals surface area (Å²) >= 11 is 0. The van der Waals surface area contributed by atoms with Crippen LogP contribution in [0.5, 0.6) is 5.75 Å². The van der Waals surface area contributed by atoms with Gasteiger partial charge in [-0.05, 0) is 23.8 Å². The molecule has 5 nitrogen and oxygen atoms in total. The number of benzene rings is 2. The molecule has 3 rings (SSSR count). The fourth-order valence-electron chi connectivity index (χ4n) is 2.51. The first-order valence-electron chi connectivity index (χ1n) is 7.83. The molecule has 3 aromatic rings. The summed E-state index contributed by atoms with van der Waals surface area (Å²) in [7, 11) is 1.67. The monoisotopic (exact) mass is 324 g/mol. The number of amides is 1. The van der Waals surface area contributed by atoms with Crippen molar-refractivity contribution in [2.45, 2.75) is 6.61 Å². The lowest BCUT2D eigenvalue weighted by atomic mass is 10.2. The van der Waals surface area contributed by atoms with Crippen LogP contribution in [0, 0.1) is 0 Å². The fourth-order valence-corrected chi connectivity index (χ4v) is 2.51. The number of nitrogens with one attached hydrogen (secondary N) is 1. The van der Waals surface area contributed by atoms with Crippen molar-refractivity contribution in [3.63, 3.8) is 0 Å². The molecule has 2 N–H and O–H groups in total. The first-order chi connectivity index (χ1) is 11.7. The molecular weight excluding hydrogens is 304 g/mol. The van der Waals surface area contributed by atoms with Gasteiger partial charge in [-0.25, -0.2) is 0 Å². The van der Waals surface area contributed by atoms with Crippen LogP contribution in [0.25, 0.3) is 10.9 Å². The van der Waals surface area contributed by atoms with Gasteiger partial charge in [0.15, 0.2) is 0 Å². The van der Waals surface area contributed by atoms with E-state index in [-0.39, 0.29) is 12.5 Å². The summed E-state index contributed by atoms with van der Waals surface area (Å²) in [5.74, 6) is 0.600. The Balaban J connectivity index is 1.75. The molecule has 0 unspecified atom stereocenters. The Morgan fingerprint density at radius 3 is 2.71 bits per heavy atom. The van der Waals surface area contributed by atoms with Crippen molar-refractivity contribution in [2.24, 2.45) is 0 Å². The maximum atomic E-state index is 12.3. The van der Waals surface area contributed by atoms with E-state index in [0.717, 1.165) is 22.2 Å². The first-order valence-corrected chi connectivity index (χ1v) is 7.83. The van der Waals surface area contributed by atoms with Crippen LogP contribution in [0.15, 0.2) is 54.6 Å². The zero-order valence-electron chi connectivity index (χ0n) is 13.5. The van der Waals surface area contributed by atoms with Crippen LogP contribution in [0.1, 0.15) is 16.1 Å². The average Bonchev–Trinajstić information content (AvgIpc) is 3.03. The Bertz CT molecular complexity index is 827. The van der Waals surface area contributed by atoms with Gasteiger partial charge in [0.1, 0.15) is 18.1 Å². The van der Waals surface area contributed by atoms with Crippen molar-refractivity contribution in [3.05, 3.63) is 65.9 Å². The minimum Gasteiger partial charge on any atom is -0.489 e. The van der Waals surface area contributed by atoms with Crippen molar-refractivity contribution in [3.8, 4) is 5.75 Å². The normalized spacial score (nSPS) is 10.8. The summed E-state index contributed by atoms with van der Waals surface area (Å²) in [4.78, 5) is 16.9. The van der Waals surface area contributed by atoms with Crippen LogP contribution in [0.4, 0.5) is 0 Å². The molecule has 0 aliphatic rings. The zero-order chi connectivity index (χ0) is 16.9. The van der Waals surface area contributed by atoms with Gasteiger partial charge in [-0.1, -0.05) is 30.3 Å². The Kier molecular flexibility index (Phi) is 4.82. The molecule has 1 heterocycles. The van der Waals surface area contributed by atoms with Gasteiger partial charge >= 0.3 is 0 Å². The van der Waals surface area contributed by atoms with Gasteiger partial charge in [0.2, 0.25) is 0 Å². The smallest absolute Gasteiger partial charge is 0.270 e. The second kappa shape index (κ2) is 7.19. The number of likely N-dealkylation sites (N-methyl/N-ethyl adjacent to an activating group) is 1. The highest BCUT2D eigenvalue weighted by Crippen LogP contribution is 2.22. The molecule has 0 saturated heterocycles. The van der Waals surface area contributed by atoms with Crippen molar-refractivity contribution in [1.82, 2.24) is 9.88 Å². The van der Waals surface area contributed by atoms with Gasteiger partial charge in [0, 0.05) is 30.6 Å². The molecule has 0 saturated carbocycles. The van der Waals surface area contributed by atoms with E-state index in [1.165, 1.54) is 4.90 Å². The standard InChI is InChI=1S/C19H20N2O3/c1-21(9-10-22)19(23)18-11-15-7-8-16(12-17(15)20-18)24-13-14-5-3-2-4-6-14/h2-8,11-12,20,22H,9-10,13H2,1H3. The predicted molar refractivity (Wildman–Crippen MR) is 93.1 cm³/mol. The van der Waals surface area contributed by atoms with E-state index in [9.17, 15) is 4.79 Å². The van der Waals surface area contributed by atoms with Crippen LogP contribution in [-0.2, 0) is 6.61 Å². The Morgan fingerprint density at radius 2 is 1.96 bits per heavy atom. The number of aromatic amines is 1. The maximum absolute atomic E-state index is 12.3. The van der Waals surface area contributed by atoms with Crippen molar-refractivity contribution < 1.29 is 14.6 Å². The minimum absolute atomic E-state index is 0.0556. The molecule has 0 atom stereocenters. The number of nitrogens with zero attached hydrogens (tertiary/aromatic N) is 1. The van der Waals surface area contributed by atoms with E-state index in [1.807, 2.05) is 54.6 Å². The number of hydrogen-bond acceptors (Lipinski definition) is 3. The molecule has 0 bridgehead atoms. The molecule has 1 aromatic heterocycles. The molecule has 0 spiro atoms. The molecule has 0 aliphatic carbocycles. The summed E-state index contributed by atoms with van der Waals surface area (Å²) in [5.41, 5.74) is 2.45. The highest BCUT2D eigenvalue weighted by atomic mass is 16.5. The van der Waals surface area contributed by atoms with E-state index >= 15 is 0 Å². The fraction of sp³-hybridized carbons (Fsp3) is 0.211. The van der Waals surface area contributed by atoms with Gasteiger partial charge in [-0.2, -0.15) is 0 Å². The Morgan fingerprint density at radius 1 is 1.17 bits per heavy atom. The third kappa shape index (κ3) is 3.58. The summed E-state index contributed by atoms with van der Waals surface area (Å²) in [6.07, 6.45) is 0. The number of hydrogen-bond donors (Lipinski definition) is 2. The third-order valence-electron chi connectivity index (χ3n) is 3.85. The molecule has 1 amide bonds. The van der Waals surface area contributed by atoms with Gasteiger partial charge in [-0.15, -0.1) is 0 Å². The van der Waals surface area contributed by atoms with E-state index in [1.54, 1.807) is 7.05 Å². The topological polar surface area (TPSA) is 65.6 Å². The van der Waals surface area contributed by atoms with Crippen molar-refractivity contribution in [2.75, 3.05) is 20.2 Å². The predicted octanol–water partition coefficient (Wildman–Crippen LogP) is 2.81. The van der Waals surface area contributed by atoms with Crippen LogP contribution in [-0.4, -0.2) is 41.1 Å². The van der Waals surface area contributed by atoms with Gasteiger partial charge in [0.25, 0.3) is 5.91 Å². The van der Waals surface area contributed by atoms with Gasteiger partial charge in [0.05, 0.1) is 6.61 Å². The second-order valence-electron chi connectivity index (χ2n) is 5.66. The van der Waals surface area contributed by atoms with Crippen molar-refractivity contribution >= 4 is 16.8 Å². The molecule has 124 valence electrons. The number of aromatic nitrogens is 1. The van der Waals surface area contributed by atoms with E-state index in [2.05, 4.69) is 4.98 Å². The number of H-pyrrole nitrogens is 1. The highest BCUT2D eigenvalue weighted by Gasteiger charge is 2.14. The molecule has 5 heteroatoms. The summed E-state index contributed by atoms with van der Waals surface area (Å²) in [6, 6.07) is 17.5. The first kappa shape index (κ1) is 16.1. The lowest BCUT2D eigenvalue weighted by Crippen LogP contribution is -2.29. The van der Waals surface area contributed by atoms with E-state index in [4.69, 9.17) is 9.84 Å². The SMILES string of the molecule is CN(CCO)C(=O)c1cc2ccc(OCc3ccccc3)cc2[nH]1. The molecule has 0 radical (unpaired) electrons. The minimum atomic E-state index is -0.146. The Labute approximate surface area is 140 Å². The third-order valence-corrected chi connectivity index (χ3v) is 3.85. The number of aliphatic hydroxyl groups excluding tert-OH is 1. The molecule has 0 fully saturated rings. The lowest BCUT2D eigenvalue weighted by Gasteiger charge is -2.13. The molecule has 0 aliphatic heterocycles. The average molecular weight is 324 g/mol. The second-order valence-corrected chi connectivity index (χ2v) is 5.66. The van der Waals surface area contributed by atoms with Crippen LogP contribution in [0.3, 0.4) is 0 Å². The maximum Gasteiger partial charge on any atom is 0.270 e. The molecule has 24 heavy (non-hydrogen) atoms. The molecule has 2 aromatic carbocycles. The molecular formula is C19H20N2O3. The van der Waals surface area contributed by atoms with Gasteiger partial charge < -0.3 is 19.7 Å². The quantitative estimate of drug-likeness (QED) is 0.733. The van der Waals surface area contributed by atoms with Gasteiger partial charge in [-0.3, -0.25) is 4.79 Å². The van der Waals surface area contributed by atoms with Crippen molar-refractivity contribution in [1.29, 1.82) is 0 Å². The highest BCUT2D eigenvalue weighted by molar-refractivity contribution is 5.98. The van der Waals surface area contributed by atoms with Crippen LogP contribution in [0.2, 0.25) is 0 Å².